The number of aromatic nitrogens is 1. The minimum Gasteiger partial charge on any atom is -0.444 e. The molecule has 0 spiro atoms. The van der Waals surface area contributed by atoms with Gasteiger partial charge in [-0.15, -0.1) is 0 Å². The Morgan fingerprint density at radius 2 is 2.27 bits per heavy atom. The second kappa shape index (κ2) is 6.09. The van der Waals surface area contributed by atoms with Gasteiger partial charge in [-0.1, -0.05) is 18.2 Å². The Balaban J connectivity index is 1.48. The number of hydrogen-bond acceptors (Lipinski definition) is 3. The predicted octanol–water partition coefficient (Wildman–Crippen LogP) is 1.67. The maximum atomic E-state index is 12.0. The molecule has 116 valence electrons. The Kier molecular flexibility index (Phi) is 4.00. The lowest BCUT2D eigenvalue weighted by atomic mass is 10.1. The van der Waals surface area contributed by atoms with Crippen molar-refractivity contribution in [1.82, 2.24) is 15.2 Å². The molecular weight excluding hydrogens is 282 g/mol. The van der Waals surface area contributed by atoms with E-state index in [2.05, 4.69) is 10.3 Å². The summed E-state index contributed by atoms with van der Waals surface area (Å²) >= 11 is 0. The summed E-state index contributed by atoms with van der Waals surface area (Å²) in [5, 5.41) is 3.95. The molecule has 2 aromatic rings. The van der Waals surface area contributed by atoms with Gasteiger partial charge in [0.1, 0.15) is 6.10 Å². The molecule has 2 heterocycles. The summed E-state index contributed by atoms with van der Waals surface area (Å²) in [5.74, 6) is -0.0255. The fraction of sp³-hybridized carbons (Fsp3) is 0.375. The van der Waals surface area contributed by atoms with Gasteiger partial charge < -0.3 is 19.9 Å². The van der Waals surface area contributed by atoms with Crippen LogP contribution in [0.3, 0.4) is 0 Å². The SMILES string of the molecule is CN1CC(CCNC(=O)Cc2c[nH]c3ccccc23)OC1=O. The van der Waals surface area contributed by atoms with E-state index in [4.69, 9.17) is 4.74 Å². The number of nitrogens with zero attached hydrogens (tertiary/aromatic N) is 1. The highest BCUT2D eigenvalue weighted by Gasteiger charge is 2.27. The first-order valence-corrected chi connectivity index (χ1v) is 7.37. The van der Waals surface area contributed by atoms with Gasteiger partial charge in [0.05, 0.1) is 13.0 Å². The number of aromatic amines is 1. The van der Waals surface area contributed by atoms with Crippen molar-refractivity contribution >= 4 is 22.9 Å². The summed E-state index contributed by atoms with van der Waals surface area (Å²) in [7, 11) is 1.71. The zero-order valence-corrected chi connectivity index (χ0v) is 12.5. The molecule has 6 nitrogen and oxygen atoms in total. The minimum atomic E-state index is -0.296. The van der Waals surface area contributed by atoms with Gasteiger partial charge in [-0.05, 0) is 11.6 Å². The number of para-hydroxylation sites is 1. The third kappa shape index (κ3) is 3.05. The second-order valence-corrected chi connectivity index (χ2v) is 5.56. The lowest BCUT2D eigenvalue weighted by Crippen LogP contribution is -2.29. The molecule has 6 heteroatoms. The van der Waals surface area contributed by atoms with Gasteiger partial charge in [-0.3, -0.25) is 4.79 Å². The number of rotatable bonds is 5. The van der Waals surface area contributed by atoms with Crippen molar-refractivity contribution in [3.05, 3.63) is 36.0 Å². The largest absolute Gasteiger partial charge is 0.444 e. The molecule has 22 heavy (non-hydrogen) atoms. The molecule has 0 bridgehead atoms. The normalized spacial score (nSPS) is 17.8. The Bertz CT molecular complexity index is 695. The number of hydrogen-bond donors (Lipinski definition) is 2. The van der Waals surface area contributed by atoms with Crippen molar-refractivity contribution in [3.63, 3.8) is 0 Å². The second-order valence-electron chi connectivity index (χ2n) is 5.56. The lowest BCUT2D eigenvalue weighted by molar-refractivity contribution is -0.120. The molecule has 0 aliphatic carbocycles. The van der Waals surface area contributed by atoms with E-state index in [-0.39, 0.29) is 18.1 Å². The van der Waals surface area contributed by atoms with E-state index in [1.54, 1.807) is 11.9 Å². The summed E-state index contributed by atoms with van der Waals surface area (Å²) in [5.41, 5.74) is 2.02. The number of fused-ring (bicyclic) bond motifs is 1. The minimum absolute atomic E-state index is 0.0255. The van der Waals surface area contributed by atoms with Gasteiger partial charge in [0.2, 0.25) is 5.91 Å². The van der Waals surface area contributed by atoms with Crippen molar-refractivity contribution in [1.29, 1.82) is 0 Å². The zero-order chi connectivity index (χ0) is 15.5. The van der Waals surface area contributed by atoms with Crippen LogP contribution in [-0.2, 0) is 16.0 Å². The highest BCUT2D eigenvalue weighted by Crippen LogP contribution is 2.18. The Labute approximate surface area is 128 Å². The first-order chi connectivity index (χ1) is 10.6. The number of nitrogens with one attached hydrogen (secondary N) is 2. The van der Waals surface area contributed by atoms with Crippen LogP contribution in [0.4, 0.5) is 4.79 Å². The monoisotopic (exact) mass is 301 g/mol. The van der Waals surface area contributed by atoms with Gasteiger partial charge in [-0.25, -0.2) is 4.79 Å². The first kappa shape index (κ1) is 14.4. The molecular formula is C16H19N3O3. The average Bonchev–Trinajstić information content (AvgIpc) is 3.04. The number of likely N-dealkylation sites (N-methyl/N-ethyl adjacent to an activating group) is 1. The summed E-state index contributed by atoms with van der Waals surface area (Å²) in [4.78, 5) is 27.9. The van der Waals surface area contributed by atoms with Gasteiger partial charge >= 0.3 is 6.09 Å². The third-order valence-electron chi connectivity index (χ3n) is 3.87. The molecule has 1 unspecified atom stereocenters. The van der Waals surface area contributed by atoms with Crippen LogP contribution < -0.4 is 5.32 Å². The number of H-pyrrole nitrogens is 1. The topological polar surface area (TPSA) is 74.4 Å². The number of benzene rings is 1. The van der Waals surface area contributed by atoms with Crippen LogP contribution in [-0.4, -0.2) is 48.1 Å². The van der Waals surface area contributed by atoms with Crippen LogP contribution in [0.15, 0.2) is 30.5 Å². The van der Waals surface area contributed by atoms with Crippen LogP contribution in [0, 0.1) is 0 Å². The molecule has 1 aromatic heterocycles. The summed E-state index contributed by atoms with van der Waals surface area (Å²) in [6, 6.07) is 7.91. The van der Waals surface area contributed by atoms with Crippen LogP contribution in [0.1, 0.15) is 12.0 Å². The number of amides is 2. The smallest absolute Gasteiger partial charge is 0.409 e. The number of carbonyl (C=O) groups is 2. The molecule has 1 aliphatic heterocycles. The van der Waals surface area contributed by atoms with Crippen molar-refractivity contribution in [3.8, 4) is 0 Å². The number of ether oxygens (including phenoxy) is 1. The van der Waals surface area contributed by atoms with Crippen LogP contribution in [0.25, 0.3) is 10.9 Å². The third-order valence-corrected chi connectivity index (χ3v) is 3.87. The molecule has 2 N–H and O–H groups in total. The van der Waals surface area contributed by atoms with Crippen LogP contribution in [0.2, 0.25) is 0 Å². The summed E-state index contributed by atoms with van der Waals surface area (Å²) < 4.78 is 5.15. The maximum absolute atomic E-state index is 12.0. The standard InChI is InChI=1S/C16H19N3O3/c1-19-10-12(22-16(19)21)6-7-17-15(20)8-11-9-18-14-5-3-2-4-13(11)14/h2-5,9,12,18H,6-8,10H2,1H3,(H,17,20). The van der Waals surface area contributed by atoms with Gasteiger partial charge in [0.25, 0.3) is 0 Å². The van der Waals surface area contributed by atoms with Gasteiger partial charge in [-0.2, -0.15) is 0 Å². The van der Waals surface area contributed by atoms with Crippen LogP contribution in [0.5, 0.6) is 0 Å². The van der Waals surface area contributed by atoms with Crippen LogP contribution >= 0.6 is 0 Å². The molecule has 3 rings (SSSR count). The summed E-state index contributed by atoms with van der Waals surface area (Å²) in [6.45, 7) is 1.09. The van der Waals surface area contributed by atoms with E-state index >= 15 is 0 Å². The van der Waals surface area contributed by atoms with Crippen molar-refractivity contribution in [2.45, 2.75) is 18.9 Å². The Morgan fingerprint density at radius 1 is 1.45 bits per heavy atom. The van der Waals surface area contributed by atoms with Crippen molar-refractivity contribution < 1.29 is 14.3 Å². The lowest BCUT2D eigenvalue weighted by Gasteiger charge is -2.09. The number of carbonyl (C=O) groups excluding carboxylic acids is 2. The highest BCUT2D eigenvalue weighted by molar-refractivity contribution is 5.88. The fourth-order valence-electron chi connectivity index (χ4n) is 2.69. The molecule has 1 saturated heterocycles. The molecule has 1 aliphatic rings. The van der Waals surface area contributed by atoms with E-state index in [0.29, 0.717) is 25.9 Å². The van der Waals surface area contributed by atoms with E-state index in [1.165, 1.54) is 0 Å². The summed E-state index contributed by atoms with van der Waals surface area (Å²) in [6.07, 6.45) is 2.42. The number of cyclic esters (lactones) is 1. The van der Waals surface area contributed by atoms with E-state index in [1.807, 2.05) is 30.5 Å². The fourth-order valence-corrected chi connectivity index (χ4v) is 2.69. The molecule has 0 radical (unpaired) electrons. The van der Waals surface area contributed by atoms with E-state index in [9.17, 15) is 9.59 Å². The van der Waals surface area contributed by atoms with Gasteiger partial charge in [0, 0.05) is 37.1 Å². The Morgan fingerprint density at radius 3 is 3.05 bits per heavy atom. The molecule has 1 aromatic carbocycles. The van der Waals surface area contributed by atoms with Crippen molar-refractivity contribution in [2.24, 2.45) is 0 Å². The zero-order valence-electron chi connectivity index (χ0n) is 12.5. The highest BCUT2D eigenvalue weighted by atomic mass is 16.6. The average molecular weight is 301 g/mol. The quantitative estimate of drug-likeness (QED) is 0.882. The maximum Gasteiger partial charge on any atom is 0.409 e. The predicted molar refractivity (Wildman–Crippen MR) is 82.5 cm³/mol. The molecule has 0 saturated carbocycles. The first-order valence-electron chi connectivity index (χ1n) is 7.37. The molecule has 1 atom stereocenters. The molecule has 1 fully saturated rings. The van der Waals surface area contributed by atoms with E-state index < -0.39 is 0 Å². The van der Waals surface area contributed by atoms with Gasteiger partial charge in [0.15, 0.2) is 0 Å². The Hall–Kier alpha value is -2.50. The molecule has 2 amide bonds. The van der Waals surface area contributed by atoms with E-state index in [0.717, 1.165) is 16.5 Å². The van der Waals surface area contributed by atoms with Crippen molar-refractivity contribution in [2.75, 3.05) is 20.1 Å².